The van der Waals surface area contributed by atoms with Crippen LogP contribution >= 0.6 is 0 Å². The van der Waals surface area contributed by atoms with Crippen molar-refractivity contribution in [1.82, 2.24) is 4.57 Å². The molecule has 0 N–H and O–H groups in total. The lowest BCUT2D eigenvalue weighted by Gasteiger charge is -2.38. The molecule has 11 aromatic rings. The molecule has 74 heavy (non-hydrogen) atoms. The van der Waals surface area contributed by atoms with Crippen molar-refractivity contribution in [3.8, 4) is 39.1 Å². The molecular weight excluding hydrogens is 893 g/mol. The molecule has 0 unspecified atom stereocenters. The molecular formula is C72H62N2. The van der Waals surface area contributed by atoms with Gasteiger partial charge < -0.3 is 9.47 Å². The van der Waals surface area contributed by atoms with E-state index < -0.39 is 5.41 Å². The highest BCUT2D eigenvalue weighted by atomic mass is 15.1. The number of hydrogen-bond acceptors (Lipinski definition) is 1. The van der Waals surface area contributed by atoms with E-state index in [1.807, 2.05) is 0 Å². The lowest BCUT2D eigenvalue weighted by atomic mass is 9.63. The summed E-state index contributed by atoms with van der Waals surface area (Å²) in [5.41, 5.74) is 24.2. The third-order valence-corrected chi connectivity index (χ3v) is 16.5. The Morgan fingerprint density at radius 2 is 0.986 bits per heavy atom. The standard InChI is InChI=1S/C72H62N2/c1-69(2,3)51-44-59-67-61(72(49-23-12-9-13-24-49,50-25-14-10-15-26-50)68(59)63(45-51)70(4,5)6)32-22-34-66(67)73(54-40-41-56-55-29-18-20-31-60(55)71(7,8)62(56)46-54)53-38-35-47(36-39-53)48-37-42-65-58(43-48)57-30-19-21-33-64(57)74(65)52-27-16-11-17-28-52/h9-46H,1-8H3. The summed E-state index contributed by atoms with van der Waals surface area (Å²) in [6.45, 7) is 19.1. The van der Waals surface area contributed by atoms with Crippen molar-refractivity contribution in [2.75, 3.05) is 4.90 Å². The van der Waals surface area contributed by atoms with E-state index in [-0.39, 0.29) is 16.2 Å². The van der Waals surface area contributed by atoms with Crippen LogP contribution in [0.4, 0.5) is 17.1 Å². The van der Waals surface area contributed by atoms with Gasteiger partial charge >= 0.3 is 0 Å². The molecule has 0 radical (unpaired) electrons. The number of fused-ring (bicyclic) bond motifs is 9. The van der Waals surface area contributed by atoms with E-state index >= 15 is 0 Å². The number of benzene rings is 10. The van der Waals surface area contributed by atoms with Gasteiger partial charge in [-0.3, -0.25) is 0 Å². The van der Waals surface area contributed by atoms with Gasteiger partial charge in [-0.15, -0.1) is 0 Å². The van der Waals surface area contributed by atoms with E-state index in [9.17, 15) is 0 Å². The maximum atomic E-state index is 2.56. The zero-order valence-corrected chi connectivity index (χ0v) is 43.8. The summed E-state index contributed by atoms with van der Waals surface area (Å²) in [6.07, 6.45) is 0. The minimum Gasteiger partial charge on any atom is -0.310 e. The summed E-state index contributed by atoms with van der Waals surface area (Å²) < 4.78 is 2.39. The molecule has 0 aliphatic heterocycles. The predicted octanol–water partition coefficient (Wildman–Crippen LogP) is 19.2. The second-order valence-corrected chi connectivity index (χ2v) is 23.3. The molecule has 2 heteroatoms. The largest absolute Gasteiger partial charge is 0.310 e. The van der Waals surface area contributed by atoms with Gasteiger partial charge in [-0.05, 0) is 144 Å². The molecule has 0 spiro atoms. The molecule has 1 aromatic heterocycles. The van der Waals surface area contributed by atoms with Gasteiger partial charge in [0.2, 0.25) is 0 Å². The quantitative estimate of drug-likeness (QED) is 0.155. The van der Waals surface area contributed by atoms with E-state index in [0.29, 0.717) is 0 Å². The van der Waals surface area contributed by atoms with Crippen LogP contribution in [0.1, 0.15) is 99.9 Å². The highest BCUT2D eigenvalue weighted by molar-refractivity contribution is 6.10. The fourth-order valence-corrected chi connectivity index (χ4v) is 12.9. The molecule has 0 bridgehead atoms. The lowest BCUT2D eigenvalue weighted by Crippen LogP contribution is -2.32. The van der Waals surface area contributed by atoms with E-state index in [1.54, 1.807) is 0 Å². The van der Waals surface area contributed by atoms with Gasteiger partial charge in [0.25, 0.3) is 0 Å². The summed E-state index contributed by atoms with van der Waals surface area (Å²) in [7, 11) is 0. The normalized spacial score (nSPS) is 14.2. The van der Waals surface area contributed by atoms with E-state index in [0.717, 1.165) is 11.4 Å². The van der Waals surface area contributed by atoms with Crippen molar-refractivity contribution < 1.29 is 0 Å². The molecule has 0 saturated heterocycles. The molecule has 360 valence electrons. The van der Waals surface area contributed by atoms with Gasteiger partial charge in [0.1, 0.15) is 0 Å². The van der Waals surface area contributed by atoms with Crippen LogP contribution in [0.25, 0.3) is 60.9 Å². The SMILES string of the molecule is CC(C)(C)c1cc2c(c(C(C)(C)C)c1)C(c1ccccc1)(c1ccccc1)c1cccc(N(c3ccc(-c4ccc5c(c4)c4ccccc4n5-c4ccccc4)cc3)c3ccc4c(c3)C(C)(C)c3ccccc3-4)c1-2. The Balaban J connectivity index is 1.07. The van der Waals surface area contributed by atoms with Crippen molar-refractivity contribution in [2.24, 2.45) is 0 Å². The molecule has 0 amide bonds. The Kier molecular flexibility index (Phi) is 10.3. The summed E-state index contributed by atoms with van der Waals surface area (Å²) in [6, 6.07) is 86.9. The van der Waals surface area contributed by atoms with Crippen LogP contribution in [0.3, 0.4) is 0 Å². The molecule has 2 aliphatic rings. The fourth-order valence-electron chi connectivity index (χ4n) is 12.9. The fraction of sp³-hybridized carbons (Fsp3) is 0.167. The number of rotatable bonds is 7. The van der Waals surface area contributed by atoms with Gasteiger partial charge in [0.05, 0.1) is 22.1 Å². The van der Waals surface area contributed by atoms with Crippen LogP contribution in [-0.4, -0.2) is 4.57 Å². The van der Waals surface area contributed by atoms with Crippen LogP contribution in [0, 0.1) is 0 Å². The maximum Gasteiger partial charge on any atom is 0.0717 e. The van der Waals surface area contributed by atoms with Gasteiger partial charge in [-0.25, -0.2) is 0 Å². The van der Waals surface area contributed by atoms with Crippen LogP contribution < -0.4 is 4.90 Å². The lowest BCUT2D eigenvalue weighted by molar-refractivity contribution is 0.557. The molecule has 2 nitrogen and oxygen atoms in total. The third kappa shape index (κ3) is 6.84. The van der Waals surface area contributed by atoms with Crippen molar-refractivity contribution >= 4 is 38.9 Å². The smallest absolute Gasteiger partial charge is 0.0717 e. The number of anilines is 3. The van der Waals surface area contributed by atoms with Gasteiger partial charge in [-0.1, -0.05) is 225 Å². The van der Waals surface area contributed by atoms with Crippen molar-refractivity contribution in [2.45, 2.75) is 77.0 Å². The summed E-state index contributed by atoms with van der Waals surface area (Å²) in [5, 5.41) is 2.50. The Morgan fingerprint density at radius 1 is 0.405 bits per heavy atom. The van der Waals surface area contributed by atoms with Gasteiger partial charge in [0.15, 0.2) is 0 Å². The first kappa shape index (κ1) is 45.6. The average Bonchev–Trinajstić information content (AvgIpc) is 4.00. The topological polar surface area (TPSA) is 8.17 Å². The first-order valence-electron chi connectivity index (χ1n) is 26.4. The van der Waals surface area contributed by atoms with Crippen LogP contribution in [0.2, 0.25) is 0 Å². The number of nitrogens with zero attached hydrogens (tertiary/aromatic N) is 2. The molecule has 0 fully saturated rings. The minimum atomic E-state index is -0.596. The second-order valence-electron chi connectivity index (χ2n) is 23.3. The van der Waals surface area contributed by atoms with E-state index in [4.69, 9.17) is 0 Å². The molecule has 0 saturated carbocycles. The van der Waals surface area contributed by atoms with E-state index in [2.05, 4.69) is 295 Å². The molecule has 0 atom stereocenters. The zero-order valence-electron chi connectivity index (χ0n) is 43.8. The Labute approximate surface area is 437 Å². The number of aromatic nitrogens is 1. The van der Waals surface area contributed by atoms with Gasteiger partial charge in [-0.2, -0.15) is 0 Å². The average molecular weight is 955 g/mol. The van der Waals surface area contributed by atoms with Crippen LogP contribution in [0.15, 0.2) is 231 Å². The third-order valence-electron chi connectivity index (χ3n) is 16.5. The van der Waals surface area contributed by atoms with Crippen molar-refractivity contribution in [1.29, 1.82) is 0 Å². The first-order chi connectivity index (χ1) is 35.7. The Morgan fingerprint density at radius 3 is 1.68 bits per heavy atom. The molecule has 10 aromatic carbocycles. The summed E-state index contributed by atoms with van der Waals surface area (Å²) >= 11 is 0. The number of hydrogen-bond donors (Lipinski definition) is 0. The Bertz CT molecular complexity index is 3930. The molecule has 1 heterocycles. The second kappa shape index (κ2) is 16.7. The molecule has 2 aliphatic carbocycles. The highest BCUT2D eigenvalue weighted by Gasteiger charge is 2.50. The highest BCUT2D eigenvalue weighted by Crippen LogP contribution is 2.62. The monoisotopic (exact) mass is 954 g/mol. The van der Waals surface area contributed by atoms with Crippen LogP contribution in [-0.2, 0) is 21.7 Å². The minimum absolute atomic E-state index is 0.0928. The van der Waals surface area contributed by atoms with Crippen molar-refractivity contribution in [3.63, 3.8) is 0 Å². The first-order valence-corrected chi connectivity index (χ1v) is 26.4. The van der Waals surface area contributed by atoms with E-state index in [1.165, 1.54) is 111 Å². The van der Waals surface area contributed by atoms with Crippen molar-refractivity contribution in [3.05, 3.63) is 275 Å². The summed E-state index contributed by atoms with van der Waals surface area (Å²) in [4.78, 5) is 2.56. The maximum absolute atomic E-state index is 2.56. The molecule has 13 rings (SSSR count). The van der Waals surface area contributed by atoms with Crippen LogP contribution in [0.5, 0.6) is 0 Å². The summed E-state index contributed by atoms with van der Waals surface area (Å²) in [5.74, 6) is 0. The zero-order chi connectivity index (χ0) is 50.7. The van der Waals surface area contributed by atoms with Gasteiger partial charge in [0, 0.05) is 38.8 Å². The number of para-hydroxylation sites is 2. The predicted molar refractivity (Wildman–Crippen MR) is 313 cm³/mol. The Hall–Kier alpha value is -8.20.